The van der Waals surface area contributed by atoms with E-state index in [0.717, 1.165) is 87.6 Å². The smallest absolute Gasteiger partial charge is 0.411 e. The van der Waals surface area contributed by atoms with Crippen molar-refractivity contribution in [2.75, 3.05) is 18.5 Å². The number of hydrogen-bond acceptors (Lipinski definition) is 4. The molecule has 68 heavy (non-hydrogen) atoms. The van der Waals surface area contributed by atoms with Crippen LogP contribution in [0.15, 0.2) is 115 Å². The number of anilines is 1. The molecule has 5 nitrogen and oxygen atoms in total. The Hall–Kier alpha value is -5.62. The number of pyridine rings is 1. The van der Waals surface area contributed by atoms with Crippen LogP contribution in [0.4, 0.5) is 10.5 Å². The fraction of sp³-hybridized carbons (Fsp3) is 0.460. The van der Waals surface area contributed by atoms with Crippen molar-refractivity contribution >= 4 is 11.8 Å². The number of unbranched alkanes of at least 4 members (excludes halogenated alkanes) is 12. The molecule has 360 valence electrons. The predicted octanol–water partition coefficient (Wildman–Crippen LogP) is 15.8. The third kappa shape index (κ3) is 16.0. The average molecular weight is 913 g/mol. The molecule has 0 bridgehead atoms. The van der Waals surface area contributed by atoms with Gasteiger partial charge in [-0.05, 0) is 117 Å². The van der Waals surface area contributed by atoms with Gasteiger partial charge in [-0.1, -0.05) is 217 Å². The first kappa shape index (κ1) is 53.3. The quantitative estimate of drug-likeness (QED) is 0.0464. The first-order valence-corrected chi connectivity index (χ1v) is 25.4. The Morgan fingerprint density at radius 1 is 0.471 bits per heavy atom. The van der Waals surface area contributed by atoms with Gasteiger partial charge < -0.3 is 9.84 Å². The minimum atomic E-state index is -0.627. The van der Waals surface area contributed by atoms with E-state index < -0.39 is 11.5 Å². The maximum absolute atomic E-state index is 13.0. The maximum Gasteiger partial charge on any atom is 0.411 e. The predicted molar refractivity (Wildman–Crippen MR) is 286 cm³/mol. The van der Waals surface area contributed by atoms with Crippen molar-refractivity contribution in [3.8, 4) is 23.7 Å². The van der Waals surface area contributed by atoms with Gasteiger partial charge in [0.25, 0.3) is 0 Å². The van der Waals surface area contributed by atoms with Gasteiger partial charge in [0.05, 0.1) is 12.0 Å². The van der Waals surface area contributed by atoms with Gasteiger partial charge in [0.15, 0.2) is 0 Å². The molecule has 0 atom stereocenters. The Bertz CT molecular complexity index is 2280. The molecule has 0 saturated carbocycles. The van der Waals surface area contributed by atoms with Crippen LogP contribution in [-0.2, 0) is 26.4 Å². The fourth-order valence-electron chi connectivity index (χ4n) is 8.72. The Balaban J connectivity index is 1.14. The van der Waals surface area contributed by atoms with Gasteiger partial charge in [-0.3, -0.25) is 5.32 Å². The van der Waals surface area contributed by atoms with Crippen molar-refractivity contribution in [2.24, 2.45) is 0 Å². The normalized spacial score (nSPS) is 11.9. The minimum Gasteiger partial charge on any atom is -0.449 e. The molecule has 1 amide bonds. The van der Waals surface area contributed by atoms with Crippen LogP contribution in [-0.4, -0.2) is 29.4 Å². The van der Waals surface area contributed by atoms with Gasteiger partial charge in [0.2, 0.25) is 0 Å². The lowest BCUT2D eigenvalue weighted by Gasteiger charge is -2.38. The number of ether oxygens (including phenoxy) is 1. The summed E-state index contributed by atoms with van der Waals surface area (Å²) in [4.78, 5) is 17.6. The van der Waals surface area contributed by atoms with E-state index in [1.807, 2.05) is 30.3 Å². The van der Waals surface area contributed by atoms with Gasteiger partial charge >= 0.3 is 6.09 Å². The van der Waals surface area contributed by atoms with Crippen LogP contribution in [0.1, 0.15) is 203 Å². The standard InChI is InChI=1S/C63H80N2O3/c1-60(2,3)49-31-37-52(38-32-49)63(53-39-33-50(34-40-53)61(4,5)6,54-41-35-51(36-42-54)62(7,8)9)55-43-45-58(46-44-55)65-59(67)68-48-25-21-17-13-11-15-19-23-28-57-30-26-29-56(64-57)27-22-18-14-10-12-16-20-24-47-66/h26,29-46,66H,10-21,24-25,47-48H2,1-9H3,(H,65,67). The number of nitrogens with zero attached hydrogens (tertiary/aromatic N) is 1. The van der Waals surface area contributed by atoms with E-state index in [9.17, 15) is 4.79 Å². The molecular weight excluding hydrogens is 833 g/mol. The SMILES string of the molecule is CC(C)(C)c1ccc(C(c2ccc(NC(=O)OCCCCCCCCC#Cc3cccc(C#CCCCCCCCCO)n3)cc2)(c2ccc(C(C)(C)C)cc2)c2ccc(C(C)(C)C)cc2)cc1. The second kappa shape index (κ2) is 25.7. The van der Waals surface area contributed by atoms with E-state index in [0.29, 0.717) is 18.9 Å². The summed E-state index contributed by atoms with van der Waals surface area (Å²) in [6.07, 6.45) is 14.3. The zero-order chi connectivity index (χ0) is 49.0. The van der Waals surface area contributed by atoms with Gasteiger partial charge in [0, 0.05) is 25.1 Å². The monoisotopic (exact) mass is 913 g/mol. The summed E-state index contributed by atoms with van der Waals surface area (Å²) >= 11 is 0. The van der Waals surface area contributed by atoms with E-state index in [1.54, 1.807) is 0 Å². The molecule has 0 unspecified atom stereocenters. The van der Waals surface area contributed by atoms with E-state index in [4.69, 9.17) is 9.84 Å². The third-order valence-electron chi connectivity index (χ3n) is 12.9. The molecule has 1 aromatic heterocycles. The molecule has 5 aromatic rings. The van der Waals surface area contributed by atoms with E-state index >= 15 is 0 Å². The highest BCUT2D eigenvalue weighted by atomic mass is 16.5. The molecule has 0 aliphatic heterocycles. The highest BCUT2D eigenvalue weighted by Crippen LogP contribution is 2.47. The fourth-order valence-corrected chi connectivity index (χ4v) is 8.72. The molecule has 0 fully saturated rings. The van der Waals surface area contributed by atoms with E-state index in [1.165, 1.54) is 52.6 Å². The Morgan fingerprint density at radius 2 is 0.809 bits per heavy atom. The summed E-state index contributed by atoms with van der Waals surface area (Å²) in [6, 6.07) is 41.7. The van der Waals surface area contributed by atoms with Crippen LogP contribution in [0.2, 0.25) is 0 Å². The highest BCUT2D eigenvalue weighted by molar-refractivity contribution is 5.84. The summed E-state index contributed by atoms with van der Waals surface area (Å²) < 4.78 is 5.64. The number of carbonyl (C=O) groups is 1. The van der Waals surface area contributed by atoms with Crippen molar-refractivity contribution in [3.63, 3.8) is 0 Å². The lowest BCUT2D eigenvalue weighted by atomic mass is 9.64. The lowest BCUT2D eigenvalue weighted by Crippen LogP contribution is -2.31. The largest absolute Gasteiger partial charge is 0.449 e. The molecule has 0 radical (unpaired) electrons. The highest BCUT2D eigenvalue weighted by Gasteiger charge is 2.39. The lowest BCUT2D eigenvalue weighted by molar-refractivity contribution is 0.159. The number of amides is 1. The van der Waals surface area contributed by atoms with Crippen LogP contribution >= 0.6 is 0 Å². The minimum absolute atomic E-state index is 0.0226. The van der Waals surface area contributed by atoms with Gasteiger partial charge in [-0.25, -0.2) is 9.78 Å². The molecule has 0 aliphatic rings. The van der Waals surface area contributed by atoms with Gasteiger partial charge in [-0.2, -0.15) is 0 Å². The molecular formula is C63H80N2O3. The zero-order valence-electron chi connectivity index (χ0n) is 43.0. The molecule has 0 aliphatic carbocycles. The number of nitrogens with one attached hydrogen (secondary N) is 1. The van der Waals surface area contributed by atoms with Crippen LogP contribution in [0, 0.1) is 23.7 Å². The number of hydrogen-bond donors (Lipinski definition) is 2. The molecule has 2 N–H and O–H groups in total. The average Bonchev–Trinajstić information content (AvgIpc) is 3.31. The summed E-state index contributed by atoms with van der Waals surface area (Å²) in [7, 11) is 0. The number of benzene rings is 4. The van der Waals surface area contributed by atoms with Crippen molar-refractivity contribution in [1.29, 1.82) is 0 Å². The number of aliphatic hydroxyl groups is 1. The number of aromatic nitrogens is 1. The summed E-state index contributed by atoms with van der Waals surface area (Å²) in [5, 5.41) is 11.9. The van der Waals surface area contributed by atoms with E-state index in [2.05, 4.69) is 181 Å². The van der Waals surface area contributed by atoms with Gasteiger partial charge in [0.1, 0.15) is 11.4 Å². The van der Waals surface area contributed by atoms with Crippen molar-refractivity contribution < 1.29 is 14.6 Å². The van der Waals surface area contributed by atoms with Crippen molar-refractivity contribution in [3.05, 3.63) is 166 Å². The first-order valence-electron chi connectivity index (χ1n) is 25.4. The number of aliphatic hydroxyl groups excluding tert-OH is 1. The molecule has 0 saturated heterocycles. The summed E-state index contributed by atoms with van der Waals surface area (Å²) in [5.74, 6) is 12.9. The second-order valence-electron chi connectivity index (χ2n) is 21.5. The molecule has 4 aromatic carbocycles. The topological polar surface area (TPSA) is 71.5 Å². The van der Waals surface area contributed by atoms with Crippen LogP contribution < -0.4 is 5.32 Å². The zero-order valence-corrected chi connectivity index (χ0v) is 43.0. The van der Waals surface area contributed by atoms with Crippen molar-refractivity contribution in [2.45, 2.75) is 174 Å². The number of carbonyl (C=O) groups excluding carboxylic acids is 1. The molecule has 0 spiro atoms. The summed E-state index contributed by atoms with van der Waals surface area (Å²) in [5.41, 5.74) is 10.2. The van der Waals surface area contributed by atoms with Crippen LogP contribution in [0.3, 0.4) is 0 Å². The molecule has 5 rings (SSSR count). The molecule has 1 heterocycles. The molecule has 5 heteroatoms. The third-order valence-corrected chi connectivity index (χ3v) is 12.9. The second-order valence-corrected chi connectivity index (χ2v) is 21.5. The van der Waals surface area contributed by atoms with Crippen molar-refractivity contribution in [1.82, 2.24) is 4.98 Å². The first-order chi connectivity index (χ1) is 32.5. The maximum atomic E-state index is 13.0. The van der Waals surface area contributed by atoms with Crippen LogP contribution in [0.25, 0.3) is 0 Å². The summed E-state index contributed by atoms with van der Waals surface area (Å²) in [6.45, 7) is 21.0. The van der Waals surface area contributed by atoms with Crippen LogP contribution in [0.5, 0.6) is 0 Å². The van der Waals surface area contributed by atoms with E-state index in [-0.39, 0.29) is 16.2 Å². The van der Waals surface area contributed by atoms with Gasteiger partial charge in [-0.15, -0.1) is 0 Å². The number of rotatable bonds is 20. The Morgan fingerprint density at radius 3 is 1.19 bits per heavy atom. The Labute approximate surface area is 411 Å². The Kier molecular flexibility index (Phi) is 20.1.